The number of fused-ring (bicyclic) bond motifs is 2. The minimum atomic E-state index is -0.290. The Morgan fingerprint density at radius 1 is 0.800 bits per heavy atom. The van der Waals surface area contributed by atoms with Gasteiger partial charge in [-0.2, -0.15) is 0 Å². The average Bonchev–Trinajstić information content (AvgIpc) is 2.63. The Labute approximate surface area is 149 Å². The van der Waals surface area contributed by atoms with E-state index in [1.54, 1.807) is 30.3 Å². The summed E-state index contributed by atoms with van der Waals surface area (Å²) < 4.78 is 0. The zero-order valence-corrected chi connectivity index (χ0v) is 13.8. The molecule has 0 aliphatic heterocycles. The summed E-state index contributed by atoms with van der Waals surface area (Å²) in [5.74, 6) is -0.534. The molecule has 0 bridgehead atoms. The molecule has 1 aliphatic carbocycles. The number of hydrogen-bond donors (Lipinski definition) is 2. The maximum absolute atomic E-state index is 13.0. The highest BCUT2D eigenvalue weighted by molar-refractivity contribution is 6.38. The van der Waals surface area contributed by atoms with Crippen molar-refractivity contribution < 1.29 is 9.59 Å². The van der Waals surface area contributed by atoms with Gasteiger partial charge >= 0.3 is 0 Å². The molecule has 0 heterocycles. The van der Waals surface area contributed by atoms with Crippen LogP contribution < -0.4 is 11.1 Å². The van der Waals surface area contributed by atoms with Crippen LogP contribution in [0.3, 0.4) is 0 Å². The van der Waals surface area contributed by atoms with Crippen molar-refractivity contribution in [3.05, 3.63) is 87.9 Å². The van der Waals surface area contributed by atoms with E-state index in [2.05, 4.69) is 5.32 Å². The van der Waals surface area contributed by atoms with E-state index in [-0.39, 0.29) is 33.4 Å². The van der Waals surface area contributed by atoms with Gasteiger partial charge in [0.1, 0.15) is 0 Å². The van der Waals surface area contributed by atoms with Gasteiger partial charge in [-0.3, -0.25) is 9.59 Å². The SMILES string of the molecule is Nc1c(Cl)cc(Nc2ccccc2)c2c1C(=O)c1ccccc1C2=O. The van der Waals surface area contributed by atoms with Crippen molar-refractivity contribution >= 4 is 40.2 Å². The van der Waals surface area contributed by atoms with E-state index in [4.69, 9.17) is 17.3 Å². The Bertz CT molecular complexity index is 1030. The number of nitrogens with one attached hydrogen (secondary N) is 1. The van der Waals surface area contributed by atoms with E-state index in [0.29, 0.717) is 16.8 Å². The predicted octanol–water partition coefficient (Wildman–Crippen LogP) is 4.44. The Balaban J connectivity index is 1.96. The molecule has 0 spiro atoms. The topological polar surface area (TPSA) is 72.2 Å². The van der Waals surface area contributed by atoms with Crippen LogP contribution in [0, 0.1) is 0 Å². The maximum atomic E-state index is 13.0. The van der Waals surface area contributed by atoms with Crippen LogP contribution in [0.15, 0.2) is 60.7 Å². The van der Waals surface area contributed by atoms with E-state index in [0.717, 1.165) is 5.69 Å². The molecule has 0 amide bonds. The van der Waals surface area contributed by atoms with Crippen molar-refractivity contribution in [2.75, 3.05) is 11.1 Å². The van der Waals surface area contributed by atoms with Crippen LogP contribution in [0.1, 0.15) is 31.8 Å². The van der Waals surface area contributed by atoms with Gasteiger partial charge in [0.05, 0.1) is 27.5 Å². The van der Waals surface area contributed by atoms with Gasteiger partial charge < -0.3 is 11.1 Å². The van der Waals surface area contributed by atoms with Crippen LogP contribution in [-0.4, -0.2) is 11.6 Å². The molecule has 0 fully saturated rings. The van der Waals surface area contributed by atoms with Crippen LogP contribution in [0.4, 0.5) is 17.1 Å². The fourth-order valence-electron chi connectivity index (χ4n) is 3.06. The molecule has 1 aliphatic rings. The lowest BCUT2D eigenvalue weighted by molar-refractivity contribution is 0.0980. The van der Waals surface area contributed by atoms with E-state index in [9.17, 15) is 9.59 Å². The molecule has 5 heteroatoms. The van der Waals surface area contributed by atoms with Crippen LogP contribution in [-0.2, 0) is 0 Å². The molecule has 0 unspecified atom stereocenters. The quantitative estimate of drug-likeness (QED) is 0.525. The lowest BCUT2D eigenvalue weighted by Gasteiger charge is -2.23. The maximum Gasteiger partial charge on any atom is 0.196 e. The first-order chi connectivity index (χ1) is 12.1. The monoisotopic (exact) mass is 348 g/mol. The van der Waals surface area contributed by atoms with Gasteiger partial charge in [0, 0.05) is 16.8 Å². The Morgan fingerprint density at radius 2 is 1.36 bits per heavy atom. The molecule has 3 aromatic carbocycles. The lowest BCUT2D eigenvalue weighted by atomic mass is 9.82. The zero-order valence-electron chi connectivity index (χ0n) is 13.0. The summed E-state index contributed by atoms with van der Waals surface area (Å²) in [6.45, 7) is 0. The summed E-state index contributed by atoms with van der Waals surface area (Å²) in [5.41, 5.74) is 8.56. The second kappa shape index (κ2) is 5.76. The molecule has 25 heavy (non-hydrogen) atoms. The number of hydrogen-bond acceptors (Lipinski definition) is 4. The fourth-order valence-corrected chi connectivity index (χ4v) is 3.26. The van der Waals surface area contributed by atoms with E-state index < -0.39 is 0 Å². The van der Waals surface area contributed by atoms with Gasteiger partial charge in [0.25, 0.3) is 0 Å². The number of halogens is 1. The molecule has 3 N–H and O–H groups in total. The second-order valence-corrected chi connectivity index (χ2v) is 6.17. The van der Waals surface area contributed by atoms with Crippen molar-refractivity contribution in [3.8, 4) is 0 Å². The number of anilines is 3. The average molecular weight is 349 g/mol. The number of carbonyl (C=O) groups is 2. The smallest absolute Gasteiger partial charge is 0.196 e. The largest absolute Gasteiger partial charge is 0.397 e. The third-order valence-corrected chi connectivity index (χ3v) is 4.55. The summed E-state index contributed by atoms with van der Waals surface area (Å²) >= 11 is 6.23. The predicted molar refractivity (Wildman–Crippen MR) is 98.9 cm³/mol. The number of carbonyl (C=O) groups excluding carboxylic acids is 2. The minimum absolute atomic E-state index is 0.128. The van der Waals surface area contributed by atoms with Crippen LogP contribution in [0.2, 0.25) is 5.02 Å². The molecule has 3 aromatic rings. The first-order valence-electron chi connectivity index (χ1n) is 7.70. The number of para-hydroxylation sites is 1. The fraction of sp³-hybridized carbons (Fsp3) is 0. The van der Waals surface area contributed by atoms with Gasteiger partial charge in [-0.1, -0.05) is 54.1 Å². The summed E-state index contributed by atoms with van der Waals surface area (Å²) in [6.07, 6.45) is 0. The number of benzene rings is 3. The Hall–Kier alpha value is -3.11. The molecule has 4 nitrogen and oxygen atoms in total. The van der Waals surface area contributed by atoms with Gasteiger partial charge in [-0.25, -0.2) is 0 Å². The molecular weight excluding hydrogens is 336 g/mol. The van der Waals surface area contributed by atoms with E-state index in [1.165, 1.54) is 0 Å². The molecular formula is C20H13ClN2O2. The highest BCUT2D eigenvalue weighted by Crippen LogP contribution is 2.40. The summed E-state index contributed by atoms with van der Waals surface area (Å²) in [5, 5.41) is 3.40. The molecule has 122 valence electrons. The minimum Gasteiger partial charge on any atom is -0.397 e. The number of nitrogen functional groups attached to an aromatic ring is 1. The first-order valence-corrected chi connectivity index (χ1v) is 8.08. The Kier molecular flexibility index (Phi) is 3.55. The summed E-state index contributed by atoms with van der Waals surface area (Å²) in [6, 6.07) is 17.7. The molecule has 0 saturated carbocycles. The lowest BCUT2D eigenvalue weighted by Crippen LogP contribution is -2.23. The number of ketones is 2. The third kappa shape index (κ3) is 2.39. The Morgan fingerprint density at radius 3 is 2.00 bits per heavy atom. The molecule has 0 aromatic heterocycles. The van der Waals surface area contributed by atoms with E-state index in [1.807, 2.05) is 30.3 Å². The van der Waals surface area contributed by atoms with Crippen molar-refractivity contribution in [3.63, 3.8) is 0 Å². The zero-order chi connectivity index (χ0) is 17.6. The van der Waals surface area contributed by atoms with Crippen molar-refractivity contribution in [1.29, 1.82) is 0 Å². The van der Waals surface area contributed by atoms with Gasteiger partial charge in [-0.05, 0) is 18.2 Å². The van der Waals surface area contributed by atoms with Crippen LogP contribution in [0.5, 0.6) is 0 Å². The molecule has 0 atom stereocenters. The van der Waals surface area contributed by atoms with Gasteiger partial charge in [0.15, 0.2) is 11.6 Å². The standard InChI is InChI=1S/C20H13ClN2O2/c21-14-10-15(23-11-6-2-1-3-7-11)16-17(18(14)22)20(25)13-9-5-4-8-12(13)19(16)24/h1-10,23H,22H2. The summed E-state index contributed by atoms with van der Waals surface area (Å²) in [7, 11) is 0. The van der Waals surface area contributed by atoms with Crippen LogP contribution >= 0.6 is 11.6 Å². The normalized spacial score (nSPS) is 12.5. The highest BCUT2D eigenvalue weighted by Gasteiger charge is 2.34. The first kappa shape index (κ1) is 15.4. The second-order valence-electron chi connectivity index (χ2n) is 5.76. The van der Waals surface area contributed by atoms with Crippen molar-refractivity contribution in [2.24, 2.45) is 0 Å². The number of nitrogens with two attached hydrogens (primary N) is 1. The highest BCUT2D eigenvalue weighted by atomic mass is 35.5. The van der Waals surface area contributed by atoms with Gasteiger partial charge in [0.2, 0.25) is 0 Å². The van der Waals surface area contributed by atoms with Crippen molar-refractivity contribution in [2.45, 2.75) is 0 Å². The summed E-state index contributed by atoms with van der Waals surface area (Å²) in [4.78, 5) is 25.9. The van der Waals surface area contributed by atoms with Crippen LogP contribution in [0.25, 0.3) is 0 Å². The molecule has 0 saturated heterocycles. The van der Waals surface area contributed by atoms with Crippen molar-refractivity contribution in [1.82, 2.24) is 0 Å². The van der Waals surface area contributed by atoms with Gasteiger partial charge in [-0.15, -0.1) is 0 Å². The molecule has 0 radical (unpaired) electrons. The number of rotatable bonds is 2. The third-order valence-electron chi connectivity index (χ3n) is 4.24. The van der Waals surface area contributed by atoms with E-state index >= 15 is 0 Å². The molecule has 4 rings (SSSR count).